The number of fused-ring (bicyclic) bond motifs is 4. The number of carbonyl (C=O) groups excluding carboxylic acids is 1. The van der Waals surface area contributed by atoms with E-state index in [2.05, 4.69) is 118 Å². The molecule has 0 atom stereocenters. The van der Waals surface area contributed by atoms with E-state index < -0.39 is 8.07 Å². The topological polar surface area (TPSA) is 63.1 Å². The first-order valence-corrected chi connectivity index (χ1v) is 25.6. The largest absolute Gasteiger partial charge is 0.512 e. The molecular formula is C52H75IrN2O2SSi-. The predicted octanol–water partition coefficient (Wildman–Crippen LogP) is 15.3. The van der Waals surface area contributed by atoms with Gasteiger partial charge in [0.05, 0.1) is 13.6 Å². The number of allylic oxidation sites excluding steroid dienone is 2. The number of aromatic nitrogens is 2. The van der Waals surface area contributed by atoms with E-state index in [1.54, 1.807) is 5.19 Å². The summed E-state index contributed by atoms with van der Waals surface area (Å²) in [6, 6.07) is 23.2. The van der Waals surface area contributed by atoms with Gasteiger partial charge >= 0.3 is 0 Å². The van der Waals surface area contributed by atoms with Gasteiger partial charge in [-0.15, -0.1) is 40.5 Å². The summed E-state index contributed by atoms with van der Waals surface area (Å²) in [5, 5.41) is 15.2. The van der Waals surface area contributed by atoms with Gasteiger partial charge < -0.3 is 5.11 Å². The molecule has 0 amide bonds. The number of aliphatic hydroxyl groups is 1. The van der Waals surface area contributed by atoms with E-state index in [1.165, 1.54) is 45.4 Å². The molecule has 0 aliphatic heterocycles. The average molecular weight is 1010 g/mol. The first-order valence-electron chi connectivity index (χ1n) is 22.6. The number of aliphatic hydroxyl groups excluding tert-OH is 1. The molecule has 0 fully saturated rings. The van der Waals surface area contributed by atoms with Gasteiger partial charge in [-0.05, 0) is 61.3 Å². The van der Waals surface area contributed by atoms with E-state index in [-0.39, 0.29) is 54.2 Å². The van der Waals surface area contributed by atoms with Crippen molar-refractivity contribution in [2.45, 2.75) is 160 Å². The number of hydrogen-bond acceptors (Lipinski definition) is 5. The van der Waals surface area contributed by atoms with Crippen molar-refractivity contribution in [3.05, 3.63) is 77.8 Å². The fraction of sp³-hybridized carbons (Fsp3) is 0.558. The summed E-state index contributed by atoms with van der Waals surface area (Å²) < 4.78 is 11.0. The third-order valence-electron chi connectivity index (χ3n) is 13.0. The fourth-order valence-corrected chi connectivity index (χ4v) is 17.6. The molecule has 1 radical (unpaired) electrons. The smallest absolute Gasteiger partial charge is 0.164 e. The maximum Gasteiger partial charge on any atom is 0.164 e. The summed E-state index contributed by atoms with van der Waals surface area (Å²) in [5.74, 6) is 2.31. The van der Waals surface area contributed by atoms with Gasteiger partial charge in [0.15, 0.2) is 5.78 Å². The number of thiophene rings is 1. The minimum absolute atomic E-state index is 0. The first kappa shape index (κ1) is 49.0. The molecule has 2 aromatic heterocycles. The molecule has 59 heavy (non-hydrogen) atoms. The Labute approximate surface area is 378 Å². The molecule has 0 aliphatic carbocycles. The fourth-order valence-electron chi connectivity index (χ4n) is 9.07. The molecule has 4 nitrogen and oxygen atoms in total. The van der Waals surface area contributed by atoms with Crippen molar-refractivity contribution in [2.24, 2.45) is 28.6 Å². The number of ketones is 1. The minimum Gasteiger partial charge on any atom is -0.512 e. The van der Waals surface area contributed by atoms with Gasteiger partial charge in [-0.2, -0.15) is 0 Å². The van der Waals surface area contributed by atoms with Gasteiger partial charge in [-0.3, -0.25) is 9.78 Å². The van der Waals surface area contributed by atoms with Crippen LogP contribution >= 0.6 is 11.3 Å². The first-order chi connectivity index (χ1) is 27.5. The SMILES string of the molecule is CCC(C)(CC)C(=O)/C=C(\O)C(C)(CC)CC.[2H]c1nc(-c2[c-]c3ccccc3c(C(C)(C)C)c2)c2sc3c(C)c([Si](CC(C)C)(CC(C)C)CC(C)C)ccc3c2n1.[Ir]. The summed E-state index contributed by atoms with van der Waals surface area (Å²) in [4.78, 5) is 21.7. The third kappa shape index (κ3) is 11.2. The van der Waals surface area contributed by atoms with E-state index in [0.29, 0.717) is 17.8 Å². The van der Waals surface area contributed by atoms with Gasteiger partial charge in [0.2, 0.25) is 0 Å². The monoisotopic (exact) mass is 1010 g/mol. The summed E-state index contributed by atoms with van der Waals surface area (Å²) in [7, 11) is -1.79. The normalized spacial score (nSPS) is 13.3. The van der Waals surface area contributed by atoms with Crippen molar-refractivity contribution < 1.29 is 31.4 Å². The number of carbonyl (C=O) groups is 1. The molecule has 0 saturated heterocycles. The van der Waals surface area contributed by atoms with Crippen molar-refractivity contribution in [3.8, 4) is 11.3 Å². The van der Waals surface area contributed by atoms with Crippen molar-refractivity contribution >= 4 is 61.5 Å². The van der Waals surface area contributed by atoms with Crippen molar-refractivity contribution in [3.63, 3.8) is 0 Å². The zero-order chi connectivity index (χ0) is 44.2. The Morgan fingerprint density at radius 1 is 0.814 bits per heavy atom. The van der Waals surface area contributed by atoms with E-state index in [0.717, 1.165) is 57.9 Å². The molecule has 5 rings (SSSR count). The zero-order valence-electron chi connectivity index (χ0n) is 40.3. The summed E-state index contributed by atoms with van der Waals surface area (Å²) in [5.41, 5.74) is 4.75. The van der Waals surface area contributed by atoms with Crippen molar-refractivity contribution in [2.75, 3.05) is 0 Å². The van der Waals surface area contributed by atoms with E-state index >= 15 is 0 Å². The van der Waals surface area contributed by atoms with Gasteiger partial charge in [0.25, 0.3) is 0 Å². The van der Waals surface area contributed by atoms with Crippen LogP contribution in [0.5, 0.6) is 0 Å². The summed E-state index contributed by atoms with van der Waals surface area (Å²) in [6.45, 7) is 35.6. The standard InChI is InChI=1S/C37H47N2SSi.C15H28O2.Ir/c1-23(2)19-41(20-24(3)4,21-25(5)6)32-16-15-30-34-36(40-35(30)26(32)7)33(38-22-39-34)28-17-27-13-11-12-14-29(27)31(18-28)37(8,9)10;1-7-14(5,8-2)12(16)11-13(17)15(6,9-3)10-4;/h11-16,18,22-25H,19-21H2,1-10H3;11,16H,7-10H2,1-6H3;/q-1;;/b;12-11-;/i22D;;. The summed E-state index contributed by atoms with van der Waals surface area (Å²) >= 11 is 1.82. The molecule has 7 heteroatoms. The van der Waals surface area contributed by atoms with Crippen LogP contribution in [0.3, 0.4) is 0 Å². The van der Waals surface area contributed by atoms with E-state index in [1.807, 2.05) is 52.9 Å². The van der Waals surface area contributed by atoms with Crippen LogP contribution in [0.15, 0.2) is 60.6 Å². The molecule has 1 N–H and O–H groups in total. The maximum atomic E-state index is 12.2. The Morgan fingerprint density at radius 3 is 1.86 bits per heavy atom. The molecule has 325 valence electrons. The van der Waals surface area contributed by atoms with Crippen molar-refractivity contribution in [1.29, 1.82) is 0 Å². The minimum atomic E-state index is -1.79. The second kappa shape index (κ2) is 20.4. The van der Waals surface area contributed by atoms with Crippen LogP contribution < -0.4 is 5.19 Å². The van der Waals surface area contributed by atoms with Crippen molar-refractivity contribution in [1.82, 2.24) is 9.97 Å². The number of rotatable bonds is 15. The van der Waals surface area contributed by atoms with Crippen LogP contribution in [-0.2, 0) is 30.3 Å². The maximum absolute atomic E-state index is 12.2. The Kier molecular flexibility index (Phi) is 17.0. The molecular weight excluding hydrogens is 937 g/mol. The molecule has 0 bridgehead atoms. The van der Waals surface area contributed by atoms with Crippen LogP contribution in [0, 0.1) is 41.6 Å². The van der Waals surface area contributed by atoms with Crippen LogP contribution in [0.4, 0.5) is 0 Å². The Bertz CT molecular complexity index is 2250. The molecule has 5 aromatic rings. The number of nitrogens with zero attached hydrogens (tertiary/aromatic N) is 2. The molecule has 0 saturated carbocycles. The van der Waals surface area contributed by atoms with Crippen LogP contribution in [0.2, 0.25) is 18.1 Å². The molecule has 2 heterocycles. The molecule has 0 unspecified atom stereocenters. The predicted molar refractivity (Wildman–Crippen MR) is 258 cm³/mol. The zero-order valence-corrected chi connectivity index (χ0v) is 43.5. The average Bonchev–Trinajstić information content (AvgIpc) is 3.54. The van der Waals surface area contributed by atoms with Gasteiger partial charge in [-0.1, -0.05) is 168 Å². The van der Waals surface area contributed by atoms with Crippen LogP contribution in [0.1, 0.15) is 142 Å². The Morgan fingerprint density at radius 2 is 1.36 bits per heavy atom. The molecule has 3 aromatic carbocycles. The second-order valence-electron chi connectivity index (χ2n) is 20.0. The van der Waals surface area contributed by atoms with Crippen LogP contribution in [-0.4, -0.2) is 28.9 Å². The van der Waals surface area contributed by atoms with Gasteiger partial charge in [0.1, 0.15) is 13.4 Å². The van der Waals surface area contributed by atoms with Gasteiger partial charge in [-0.25, -0.2) is 4.98 Å². The molecule has 0 aliphatic rings. The van der Waals surface area contributed by atoms with Crippen LogP contribution in [0.25, 0.3) is 42.3 Å². The molecule has 0 spiro atoms. The quantitative estimate of drug-likeness (QED) is 0.0491. The van der Waals surface area contributed by atoms with Gasteiger partial charge in [0, 0.05) is 57.5 Å². The Hall–Kier alpha value is -2.70. The second-order valence-corrected chi connectivity index (χ2v) is 25.3. The Balaban J connectivity index is 0.000000454. The van der Waals surface area contributed by atoms with E-state index in [4.69, 9.17) is 11.3 Å². The third-order valence-corrected chi connectivity index (χ3v) is 20.8. The van der Waals surface area contributed by atoms with E-state index in [9.17, 15) is 9.90 Å². The summed E-state index contributed by atoms with van der Waals surface area (Å²) in [6.07, 6.45) is 4.82. The number of hydrogen-bond donors (Lipinski definition) is 1. The number of benzene rings is 3. The number of aryl methyl sites for hydroxylation is 1.